The van der Waals surface area contributed by atoms with E-state index in [2.05, 4.69) is 27.8 Å². The number of rotatable bonds is 9. The third kappa shape index (κ3) is 5.17. The minimum Gasteiger partial charge on any atom is -0.493 e. The average Bonchev–Trinajstić information content (AvgIpc) is 3.19. The minimum atomic E-state index is 0.469. The zero-order valence-corrected chi connectivity index (χ0v) is 18.0. The molecule has 3 aromatic rings. The number of hydrogen-bond acceptors (Lipinski definition) is 5. The number of methoxy groups -OCH3 is 3. The molecule has 0 aliphatic rings. The molecule has 160 valence electrons. The van der Waals surface area contributed by atoms with E-state index < -0.39 is 0 Å². The van der Waals surface area contributed by atoms with E-state index in [1.165, 1.54) is 0 Å². The highest BCUT2D eigenvalue weighted by Gasteiger charge is 2.13. The lowest BCUT2D eigenvalue weighted by Gasteiger charge is -2.14. The molecule has 1 aromatic heterocycles. The highest BCUT2D eigenvalue weighted by Crippen LogP contribution is 2.38. The first-order chi connectivity index (χ1) is 14.7. The van der Waals surface area contributed by atoms with Crippen molar-refractivity contribution in [1.29, 1.82) is 0 Å². The quantitative estimate of drug-likeness (QED) is 0.412. The van der Waals surface area contributed by atoms with Crippen LogP contribution in [0, 0.1) is 0 Å². The second kappa shape index (κ2) is 10.4. The number of guanidine groups is 1. The van der Waals surface area contributed by atoms with E-state index >= 15 is 0 Å². The first-order valence-electron chi connectivity index (χ1n) is 9.97. The van der Waals surface area contributed by atoms with Gasteiger partial charge in [-0.2, -0.15) is 0 Å². The lowest BCUT2D eigenvalue weighted by molar-refractivity contribution is 0.324. The Hall–Kier alpha value is -3.35. The average molecular weight is 412 g/mol. The Morgan fingerprint density at radius 3 is 2.33 bits per heavy atom. The van der Waals surface area contributed by atoms with Gasteiger partial charge in [-0.05, 0) is 36.8 Å². The van der Waals surface area contributed by atoms with Crippen LogP contribution in [-0.4, -0.2) is 40.4 Å². The molecule has 0 spiro atoms. The van der Waals surface area contributed by atoms with E-state index in [-0.39, 0.29) is 0 Å². The SMILES string of the molecule is CCNC(=NCc1cc(OC)c(OC)c(OC)c1)NCCc1cc2ccccc2o1. The summed E-state index contributed by atoms with van der Waals surface area (Å²) in [5.41, 5.74) is 1.87. The van der Waals surface area contributed by atoms with Crippen molar-refractivity contribution in [2.75, 3.05) is 34.4 Å². The molecule has 0 radical (unpaired) electrons. The summed E-state index contributed by atoms with van der Waals surface area (Å²) >= 11 is 0. The van der Waals surface area contributed by atoms with Gasteiger partial charge in [0, 0.05) is 24.9 Å². The maximum Gasteiger partial charge on any atom is 0.203 e. The number of fused-ring (bicyclic) bond motifs is 1. The summed E-state index contributed by atoms with van der Waals surface area (Å²) in [6.45, 7) is 3.99. The van der Waals surface area contributed by atoms with E-state index in [0.29, 0.717) is 30.3 Å². The van der Waals surface area contributed by atoms with Crippen LogP contribution in [0.5, 0.6) is 17.2 Å². The van der Waals surface area contributed by atoms with E-state index in [4.69, 9.17) is 18.6 Å². The van der Waals surface area contributed by atoms with Crippen molar-refractivity contribution in [3.63, 3.8) is 0 Å². The predicted octanol–water partition coefficient (Wildman–Crippen LogP) is 3.76. The summed E-state index contributed by atoms with van der Waals surface area (Å²) < 4.78 is 22.1. The molecule has 2 N–H and O–H groups in total. The van der Waals surface area contributed by atoms with Crippen molar-refractivity contribution in [3.05, 3.63) is 53.8 Å². The summed E-state index contributed by atoms with van der Waals surface area (Å²) in [6, 6.07) is 13.9. The molecule has 7 heteroatoms. The third-order valence-corrected chi connectivity index (χ3v) is 4.63. The summed E-state index contributed by atoms with van der Waals surface area (Å²) in [4.78, 5) is 4.68. The lowest BCUT2D eigenvalue weighted by atomic mass is 10.2. The van der Waals surface area contributed by atoms with Crippen molar-refractivity contribution in [2.24, 2.45) is 4.99 Å². The fourth-order valence-corrected chi connectivity index (χ4v) is 3.20. The molecule has 0 amide bonds. The summed E-state index contributed by atoms with van der Waals surface area (Å²) in [5, 5.41) is 7.74. The molecule has 0 fully saturated rings. The zero-order valence-electron chi connectivity index (χ0n) is 18.0. The summed E-state index contributed by atoms with van der Waals surface area (Å²) in [5.74, 6) is 3.49. The smallest absolute Gasteiger partial charge is 0.203 e. The van der Waals surface area contributed by atoms with Crippen LogP contribution in [0.3, 0.4) is 0 Å². The van der Waals surface area contributed by atoms with Crippen LogP contribution in [0.15, 0.2) is 51.9 Å². The third-order valence-electron chi connectivity index (χ3n) is 4.63. The van der Waals surface area contributed by atoms with Gasteiger partial charge >= 0.3 is 0 Å². The number of nitrogens with zero attached hydrogens (tertiary/aromatic N) is 1. The van der Waals surface area contributed by atoms with Gasteiger partial charge in [0.2, 0.25) is 5.75 Å². The molecule has 1 heterocycles. The number of aliphatic imine (C=N–C) groups is 1. The normalized spacial score (nSPS) is 11.4. The molecule has 0 saturated carbocycles. The van der Waals surface area contributed by atoms with Crippen LogP contribution in [0.2, 0.25) is 0 Å². The van der Waals surface area contributed by atoms with Gasteiger partial charge in [-0.25, -0.2) is 4.99 Å². The van der Waals surface area contributed by atoms with Gasteiger partial charge in [-0.1, -0.05) is 18.2 Å². The highest BCUT2D eigenvalue weighted by molar-refractivity contribution is 5.80. The maximum atomic E-state index is 5.87. The van der Waals surface area contributed by atoms with Gasteiger partial charge in [0.25, 0.3) is 0 Å². The van der Waals surface area contributed by atoms with Gasteiger partial charge in [0.05, 0.1) is 27.9 Å². The Kier molecular flexibility index (Phi) is 7.43. The van der Waals surface area contributed by atoms with Crippen LogP contribution in [-0.2, 0) is 13.0 Å². The molecule has 30 heavy (non-hydrogen) atoms. The second-order valence-corrected chi connectivity index (χ2v) is 6.66. The van der Waals surface area contributed by atoms with Crippen molar-refractivity contribution in [3.8, 4) is 17.2 Å². The largest absolute Gasteiger partial charge is 0.493 e. The second-order valence-electron chi connectivity index (χ2n) is 6.66. The molecule has 0 atom stereocenters. The Labute approximate surface area is 177 Å². The number of furan rings is 1. The molecule has 0 bridgehead atoms. The van der Waals surface area contributed by atoms with Crippen LogP contribution >= 0.6 is 0 Å². The monoisotopic (exact) mass is 411 g/mol. The van der Waals surface area contributed by atoms with Crippen LogP contribution in [0.4, 0.5) is 0 Å². The fraction of sp³-hybridized carbons (Fsp3) is 0.348. The first-order valence-corrected chi connectivity index (χ1v) is 9.97. The van der Waals surface area contributed by atoms with E-state index in [0.717, 1.165) is 41.2 Å². The minimum absolute atomic E-state index is 0.469. The summed E-state index contributed by atoms with van der Waals surface area (Å²) in [7, 11) is 4.80. The molecule has 0 unspecified atom stereocenters. The first kappa shape index (κ1) is 21.4. The molecule has 0 aliphatic carbocycles. The number of benzene rings is 2. The molecular weight excluding hydrogens is 382 g/mol. The molecule has 2 aromatic carbocycles. The fourth-order valence-electron chi connectivity index (χ4n) is 3.20. The Bertz CT molecular complexity index is 939. The van der Waals surface area contributed by atoms with Crippen molar-refractivity contribution >= 4 is 16.9 Å². The van der Waals surface area contributed by atoms with Gasteiger partial charge < -0.3 is 29.3 Å². The van der Waals surface area contributed by atoms with Crippen LogP contribution in [0.1, 0.15) is 18.2 Å². The zero-order chi connectivity index (χ0) is 21.3. The lowest BCUT2D eigenvalue weighted by Crippen LogP contribution is -2.38. The number of para-hydroxylation sites is 1. The molecule has 0 saturated heterocycles. The Balaban J connectivity index is 1.65. The standard InChI is InChI=1S/C23H29N3O4/c1-5-24-23(25-11-10-18-14-17-8-6-7-9-19(17)30-18)26-15-16-12-20(27-2)22(29-4)21(13-16)28-3/h6-9,12-14H,5,10-11,15H2,1-4H3,(H2,24,25,26). The molecule has 3 rings (SSSR count). The maximum absolute atomic E-state index is 5.87. The van der Waals surface area contributed by atoms with Crippen molar-refractivity contribution in [2.45, 2.75) is 19.9 Å². The number of hydrogen-bond donors (Lipinski definition) is 2. The van der Waals surface area contributed by atoms with Gasteiger partial charge in [0.1, 0.15) is 11.3 Å². The van der Waals surface area contributed by atoms with E-state index in [9.17, 15) is 0 Å². The molecule has 0 aliphatic heterocycles. The summed E-state index contributed by atoms with van der Waals surface area (Å²) in [6.07, 6.45) is 0.767. The molecule has 7 nitrogen and oxygen atoms in total. The Morgan fingerprint density at radius 1 is 0.967 bits per heavy atom. The van der Waals surface area contributed by atoms with Crippen LogP contribution in [0.25, 0.3) is 11.0 Å². The molecular formula is C23H29N3O4. The van der Waals surface area contributed by atoms with Gasteiger partial charge in [-0.3, -0.25) is 0 Å². The van der Waals surface area contributed by atoms with Crippen molar-refractivity contribution in [1.82, 2.24) is 10.6 Å². The van der Waals surface area contributed by atoms with E-state index in [1.807, 2.05) is 37.3 Å². The number of ether oxygens (including phenoxy) is 3. The topological polar surface area (TPSA) is 77.3 Å². The van der Waals surface area contributed by atoms with Crippen LogP contribution < -0.4 is 24.8 Å². The van der Waals surface area contributed by atoms with Crippen molar-refractivity contribution < 1.29 is 18.6 Å². The Morgan fingerprint density at radius 2 is 1.70 bits per heavy atom. The number of nitrogens with one attached hydrogen (secondary N) is 2. The highest BCUT2D eigenvalue weighted by atomic mass is 16.5. The van der Waals surface area contributed by atoms with E-state index in [1.54, 1.807) is 21.3 Å². The van der Waals surface area contributed by atoms with Gasteiger partial charge in [-0.15, -0.1) is 0 Å². The van der Waals surface area contributed by atoms with Gasteiger partial charge in [0.15, 0.2) is 17.5 Å². The predicted molar refractivity (Wildman–Crippen MR) is 119 cm³/mol.